The Morgan fingerprint density at radius 3 is 1.55 bits per heavy atom. The Labute approximate surface area is 298 Å². The van der Waals surface area contributed by atoms with Crippen LogP contribution in [0.4, 0.5) is 0 Å². The van der Waals surface area contributed by atoms with E-state index in [-0.39, 0.29) is 158 Å². The van der Waals surface area contributed by atoms with Gasteiger partial charge in [-0.25, -0.2) is 0 Å². The molecule has 2 rings (SSSR count). The minimum absolute atomic E-state index is 0. The van der Waals surface area contributed by atoms with Gasteiger partial charge in [-0.1, -0.05) is 0 Å². The second-order valence-electron chi connectivity index (χ2n) is 7.66. The molecule has 170 valence electrons. The van der Waals surface area contributed by atoms with E-state index in [2.05, 4.69) is 4.89 Å². The van der Waals surface area contributed by atoms with E-state index in [9.17, 15) is 9.59 Å². The Morgan fingerprint density at radius 2 is 1.42 bits per heavy atom. The minimum Gasteiger partial charge on any atom is -1.00 e. The van der Waals surface area contributed by atoms with Crippen molar-refractivity contribution in [2.45, 2.75) is 53.8 Å². The van der Waals surface area contributed by atoms with Gasteiger partial charge in [-0.15, -0.1) is 11.6 Å². The summed E-state index contributed by atoms with van der Waals surface area (Å²) in [5.41, 5.74) is -0.977. The summed E-state index contributed by atoms with van der Waals surface area (Å²) >= 11 is 5.27. The quantitative estimate of drug-likeness (QED) is 0.0698. The van der Waals surface area contributed by atoms with Gasteiger partial charge in [0.1, 0.15) is 12.7 Å². The van der Waals surface area contributed by atoms with Crippen molar-refractivity contribution in [2.24, 2.45) is 10.8 Å². The monoisotopic (exact) mass is 532 g/mol. The van der Waals surface area contributed by atoms with Gasteiger partial charge < -0.3 is 36.4 Å². The number of carbonyl (C=O) groups is 3. The van der Waals surface area contributed by atoms with E-state index in [4.69, 9.17) is 41.0 Å². The number of esters is 1. The first-order valence-corrected chi connectivity index (χ1v) is 8.75. The zero-order chi connectivity index (χ0) is 21.7. The molecule has 0 amide bonds. The second-order valence-corrected chi connectivity index (χ2v) is 7.97. The third-order valence-corrected chi connectivity index (χ3v) is 3.01. The van der Waals surface area contributed by atoms with E-state index in [0.717, 1.165) is 13.2 Å². The number of alkyl halides is 1. The topological polar surface area (TPSA) is 168 Å². The number of carboxylic acids is 1. The van der Waals surface area contributed by atoms with Gasteiger partial charge in [0.25, 0.3) is 6.47 Å². The Bertz CT molecular complexity index is 458. The molecule has 14 heteroatoms. The summed E-state index contributed by atoms with van der Waals surface area (Å²) in [5.74, 6) is -0.250. The van der Waals surface area contributed by atoms with Crippen LogP contribution in [-0.4, -0.2) is 66.9 Å². The molecule has 0 aromatic heterocycles. The van der Waals surface area contributed by atoms with Crippen molar-refractivity contribution < 1.29 is 183 Å². The molecule has 0 saturated carbocycles. The standard InChI is InChI=1S/C8H14O3.C5H10O2.C3H5ClO.CH2O3.2K.Na.H2O.H/c1-8(2,3)7(9)11-5-6-4-10-6;1-5(2,3)4(6)7;4-1-3-2-5-3;2-1-4-3;;;;;/h6H,4-5H2,1-3H3;1-3H3,(H,6,7);3H,1-2H2;1,3H;;;;1H2;/q;;;;3*+1;;-1/p-2. The zero-order valence-corrected chi connectivity index (χ0v) is 29.1. The Kier molecular flexibility index (Phi) is 39.3. The number of halogens is 1. The van der Waals surface area contributed by atoms with E-state index in [1.54, 1.807) is 20.8 Å². The molecular formula is C17H32ClK2NaO10. The fraction of sp³-hybridized carbons (Fsp3) is 0.824. The Morgan fingerprint density at radius 1 is 1.10 bits per heavy atom. The molecule has 2 saturated heterocycles. The van der Waals surface area contributed by atoms with Crippen LogP contribution >= 0.6 is 11.6 Å². The van der Waals surface area contributed by atoms with E-state index in [1.165, 1.54) is 0 Å². The van der Waals surface area contributed by atoms with Gasteiger partial charge in [0.15, 0.2) is 0 Å². The maximum absolute atomic E-state index is 11.1. The van der Waals surface area contributed by atoms with Gasteiger partial charge in [-0.05, 0) is 41.5 Å². The molecule has 2 unspecified atom stereocenters. The van der Waals surface area contributed by atoms with Crippen molar-refractivity contribution in [3.63, 3.8) is 0 Å². The van der Waals surface area contributed by atoms with Crippen LogP contribution in [0.1, 0.15) is 43.0 Å². The van der Waals surface area contributed by atoms with Crippen molar-refractivity contribution in [3.8, 4) is 0 Å². The summed E-state index contributed by atoms with van der Waals surface area (Å²) in [5, 5.41) is 16.7. The maximum atomic E-state index is 11.1. The number of rotatable bonds is 4. The molecule has 10 nitrogen and oxygen atoms in total. The summed E-state index contributed by atoms with van der Waals surface area (Å²) in [6, 6.07) is 0. The van der Waals surface area contributed by atoms with Crippen LogP contribution in [0.2, 0.25) is 0 Å². The summed E-state index contributed by atoms with van der Waals surface area (Å²) in [6.45, 7) is 12.3. The minimum atomic E-state index is -0.757. The number of carbonyl (C=O) groups excluding carboxylic acids is 2. The average molecular weight is 533 g/mol. The SMILES string of the molecule is CC(C)(C)C(=O)O.CC(C)(C)C(=O)OCC1CO1.ClCC1CO1.O=CO[O-].[H-].[K+].[K+].[Na+].[OH-]. The fourth-order valence-corrected chi connectivity index (χ4v) is 0.885. The Hall–Kier alpha value is 2.81. The van der Waals surface area contributed by atoms with E-state index >= 15 is 0 Å². The normalized spacial score (nSPS) is 16.9. The fourth-order valence-electron chi connectivity index (χ4n) is 0.707. The molecule has 0 aromatic carbocycles. The van der Waals surface area contributed by atoms with Crippen molar-refractivity contribution >= 4 is 30.0 Å². The first kappa shape index (κ1) is 47.1. The summed E-state index contributed by atoms with van der Waals surface area (Å²) in [4.78, 5) is 32.4. The molecule has 0 aliphatic carbocycles. The van der Waals surface area contributed by atoms with Crippen molar-refractivity contribution in [3.05, 3.63) is 0 Å². The number of ether oxygens (including phenoxy) is 3. The Balaban J connectivity index is -0.0000000528. The number of hydrogen-bond donors (Lipinski definition) is 1. The van der Waals surface area contributed by atoms with Crippen LogP contribution in [0.25, 0.3) is 0 Å². The summed E-state index contributed by atoms with van der Waals surface area (Å²) in [7, 11) is 0. The van der Waals surface area contributed by atoms with Gasteiger partial charge in [-0.3, -0.25) is 14.4 Å². The molecule has 0 radical (unpaired) electrons. The number of hydrogen-bond acceptors (Lipinski definition) is 9. The zero-order valence-electron chi connectivity index (χ0n) is 21.1. The molecule has 2 N–H and O–H groups in total. The molecular weight excluding hydrogens is 501 g/mol. The summed E-state index contributed by atoms with van der Waals surface area (Å²) in [6.07, 6.45) is 0.568. The van der Waals surface area contributed by atoms with Crippen LogP contribution in [0, 0.1) is 10.8 Å². The second kappa shape index (κ2) is 25.9. The first-order valence-electron chi connectivity index (χ1n) is 8.21. The molecule has 2 aliphatic heterocycles. The van der Waals surface area contributed by atoms with E-state index in [0.29, 0.717) is 18.6 Å². The van der Waals surface area contributed by atoms with Crippen LogP contribution in [0.5, 0.6) is 0 Å². The van der Waals surface area contributed by atoms with Crippen molar-refractivity contribution in [1.82, 2.24) is 0 Å². The molecule has 0 spiro atoms. The van der Waals surface area contributed by atoms with Gasteiger partial charge in [0, 0.05) is 0 Å². The maximum Gasteiger partial charge on any atom is 1.00 e. The van der Waals surface area contributed by atoms with Crippen LogP contribution in [0.3, 0.4) is 0 Å². The van der Waals surface area contributed by atoms with Gasteiger partial charge in [0.2, 0.25) is 0 Å². The molecule has 2 aliphatic rings. The van der Waals surface area contributed by atoms with Gasteiger partial charge in [0.05, 0.1) is 36.0 Å². The molecule has 2 heterocycles. The molecule has 0 bridgehead atoms. The molecule has 2 fully saturated rings. The molecule has 0 aromatic rings. The smallest absolute Gasteiger partial charge is 1.00 e. The molecule has 2 atom stereocenters. The van der Waals surface area contributed by atoms with Crippen molar-refractivity contribution in [2.75, 3.05) is 25.7 Å². The number of aliphatic carboxylic acids is 1. The van der Waals surface area contributed by atoms with E-state index in [1.807, 2.05) is 20.8 Å². The average Bonchev–Trinajstić information content (AvgIpc) is 3.46. The van der Waals surface area contributed by atoms with Crippen LogP contribution in [0.15, 0.2) is 0 Å². The largest absolute Gasteiger partial charge is 1.00 e. The van der Waals surface area contributed by atoms with E-state index < -0.39 is 16.8 Å². The number of epoxide rings is 2. The van der Waals surface area contributed by atoms with Crippen LogP contribution < -0.4 is 138 Å². The molecule has 31 heavy (non-hydrogen) atoms. The third-order valence-electron chi connectivity index (χ3n) is 2.67. The van der Waals surface area contributed by atoms with Gasteiger partial charge >= 0.3 is 144 Å². The first-order chi connectivity index (χ1) is 12.3. The van der Waals surface area contributed by atoms with Gasteiger partial charge in [-0.2, -0.15) is 0 Å². The summed E-state index contributed by atoms with van der Waals surface area (Å²) < 4.78 is 14.6. The predicted octanol–water partition coefficient (Wildman–Crippen LogP) is -7.90. The van der Waals surface area contributed by atoms with Crippen molar-refractivity contribution in [1.29, 1.82) is 0 Å². The number of carboxylic acid groups (broad SMARTS) is 1. The third kappa shape index (κ3) is 37.5. The predicted molar refractivity (Wildman–Crippen MR) is 97.9 cm³/mol. The van der Waals surface area contributed by atoms with Crippen LogP contribution in [-0.2, 0) is 33.5 Å².